The Morgan fingerprint density at radius 3 is 2.59 bits per heavy atom. The van der Waals surface area contributed by atoms with Gasteiger partial charge in [-0.2, -0.15) is 13.2 Å². The largest absolute Gasteiger partial charge is 0.471 e. The minimum atomic E-state index is -5.01. The Morgan fingerprint density at radius 2 is 1.84 bits per heavy atom. The smallest absolute Gasteiger partial charge is 0.356 e. The van der Waals surface area contributed by atoms with Gasteiger partial charge in [0.1, 0.15) is 5.82 Å². The summed E-state index contributed by atoms with van der Waals surface area (Å²) < 4.78 is 58.2. The summed E-state index contributed by atoms with van der Waals surface area (Å²) in [6.45, 7) is -0.169. The van der Waals surface area contributed by atoms with E-state index in [1.54, 1.807) is 24.4 Å². The van der Waals surface area contributed by atoms with E-state index in [-0.39, 0.29) is 18.7 Å². The monoisotopic (exact) mass is 443 g/mol. The van der Waals surface area contributed by atoms with Crippen LogP contribution in [-0.2, 0) is 11.2 Å². The van der Waals surface area contributed by atoms with Crippen molar-refractivity contribution in [2.75, 3.05) is 11.4 Å². The van der Waals surface area contributed by atoms with Crippen LogP contribution >= 0.6 is 0 Å². The first-order valence-electron chi connectivity index (χ1n) is 9.76. The topological polar surface area (TPSA) is 59.2 Å². The Bertz CT molecular complexity index is 1240. The van der Waals surface area contributed by atoms with Crippen LogP contribution in [0.25, 0.3) is 22.2 Å². The van der Waals surface area contributed by atoms with Gasteiger partial charge in [0.25, 0.3) is 0 Å². The maximum Gasteiger partial charge on any atom is 0.471 e. The van der Waals surface area contributed by atoms with Gasteiger partial charge < -0.3 is 9.42 Å². The third kappa shape index (κ3) is 4.61. The number of aryl methyl sites for hydroxylation is 1. The predicted octanol–water partition coefficient (Wildman–Crippen LogP) is 5.56. The number of aromatic nitrogens is 2. The van der Waals surface area contributed by atoms with Gasteiger partial charge in [-0.25, -0.2) is 4.39 Å². The number of benzene rings is 2. The molecule has 0 saturated carbocycles. The number of alkyl halides is 3. The van der Waals surface area contributed by atoms with E-state index in [2.05, 4.69) is 10.1 Å². The van der Waals surface area contributed by atoms with E-state index in [4.69, 9.17) is 4.52 Å². The maximum absolute atomic E-state index is 13.3. The Morgan fingerprint density at radius 1 is 1.06 bits per heavy atom. The number of rotatable bonds is 6. The number of carbonyl (C=O) groups is 1. The number of anilines is 1. The third-order valence-electron chi connectivity index (χ3n) is 4.96. The van der Waals surface area contributed by atoms with Crippen molar-refractivity contribution in [1.82, 2.24) is 10.1 Å². The lowest BCUT2D eigenvalue weighted by Crippen LogP contribution is -2.42. The van der Waals surface area contributed by atoms with Crippen LogP contribution in [-0.4, -0.2) is 28.8 Å². The van der Waals surface area contributed by atoms with Crippen LogP contribution in [0.5, 0.6) is 0 Å². The molecule has 0 fully saturated rings. The van der Waals surface area contributed by atoms with Crippen LogP contribution in [0.1, 0.15) is 12.0 Å². The highest BCUT2D eigenvalue weighted by atomic mass is 19.4. The highest BCUT2D eigenvalue weighted by Crippen LogP contribution is 2.28. The van der Waals surface area contributed by atoms with Gasteiger partial charge in [0, 0.05) is 34.9 Å². The van der Waals surface area contributed by atoms with Crippen molar-refractivity contribution in [2.45, 2.75) is 19.0 Å². The van der Waals surface area contributed by atoms with Crippen molar-refractivity contribution in [3.05, 3.63) is 78.4 Å². The number of nitrogens with zero attached hydrogens (tertiary/aromatic N) is 3. The molecule has 32 heavy (non-hydrogen) atoms. The molecule has 2 aromatic carbocycles. The highest BCUT2D eigenvalue weighted by Gasteiger charge is 2.43. The number of hydrogen-bond donors (Lipinski definition) is 0. The summed E-state index contributed by atoms with van der Waals surface area (Å²) in [4.78, 5) is 17.0. The van der Waals surface area contributed by atoms with E-state index in [0.717, 1.165) is 4.90 Å². The number of carbonyl (C=O) groups excluding carboxylic acids is 1. The number of fused-ring (bicyclic) bond motifs is 1. The second-order valence-electron chi connectivity index (χ2n) is 7.13. The molecule has 1 amide bonds. The van der Waals surface area contributed by atoms with Gasteiger partial charge in [-0.1, -0.05) is 11.2 Å². The molecule has 0 N–H and O–H groups in total. The number of amides is 1. The Labute approximate surface area is 180 Å². The van der Waals surface area contributed by atoms with Crippen LogP contribution in [0.2, 0.25) is 0 Å². The molecule has 0 saturated heterocycles. The van der Waals surface area contributed by atoms with Gasteiger partial charge in [-0.15, -0.1) is 0 Å². The Hall–Kier alpha value is -3.75. The highest BCUT2D eigenvalue weighted by molar-refractivity contribution is 5.99. The molecule has 164 valence electrons. The van der Waals surface area contributed by atoms with Gasteiger partial charge in [-0.3, -0.25) is 9.78 Å². The van der Waals surface area contributed by atoms with E-state index in [0.29, 0.717) is 34.2 Å². The molecule has 0 unspecified atom stereocenters. The minimum Gasteiger partial charge on any atom is -0.356 e. The summed E-state index contributed by atoms with van der Waals surface area (Å²) in [6.07, 6.45) is -1.43. The summed E-state index contributed by atoms with van der Waals surface area (Å²) >= 11 is 0. The van der Waals surface area contributed by atoms with E-state index in [1.165, 1.54) is 42.6 Å². The fraction of sp³-hybridized carbons (Fsp3) is 0.174. The minimum absolute atomic E-state index is 0.136. The summed E-state index contributed by atoms with van der Waals surface area (Å²) in [7, 11) is 0. The molecule has 0 radical (unpaired) electrons. The number of pyridine rings is 1. The van der Waals surface area contributed by atoms with Gasteiger partial charge in [0.05, 0.1) is 11.7 Å². The second-order valence-corrected chi connectivity index (χ2v) is 7.13. The van der Waals surface area contributed by atoms with Gasteiger partial charge >= 0.3 is 12.1 Å². The first-order chi connectivity index (χ1) is 15.3. The zero-order valence-corrected chi connectivity index (χ0v) is 16.6. The summed E-state index contributed by atoms with van der Waals surface area (Å²) in [6, 6.07) is 13.5. The van der Waals surface area contributed by atoms with Gasteiger partial charge in [-0.05, 0) is 61.4 Å². The van der Waals surface area contributed by atoms with Crippen LogP contribution < -0.4 is 4.90 Å². The third-order valence-corrected chi connectivity index (χ3v) is 4.96. The van der Waals surface area contributed by atoms with Gasteiger partial charge in [0.15, 0.2) is 5.76 Å². The van der Waals surface area contributed by atoms with Gasteiger partial charge in [0.2, 0.25) is 0 Å². The lowest BCUT2D eigenvalue weighted by molar-refractivity contribution is -0.170. The normalized spacial score (nSPS) is 11.6. The molecular weight excluding hydrogens is 426 g/mol. The summed E-state index contributed by atoms with van der Waals surface area (Å²) in [5, 5.41) is 4.38. The first kappa shape index (κ1) is 21.5. The van der Waals surface area contributed by atoms with Crippen LogP contribution in [0.4, 0.5) is 23.2 Å². The average molecular weight is 443 g/mol. The molecule has 4 rings (SSSR count). The van der Waals surface area contributed by atoms with Crippen molar-refractivity contribution in [1.29, 1.82) is 0 Å². The predicted molar refractivity (Wildman–Crippen MR) is 110 cm³/mol. The summed E-state index contributed by atoms with van der Waals surface area (Å²) in [5.41, 5.74) is 2.00. The van der Waals surface area contributed by atoms with E-state index < -0.39 is 17.9 Å². The lowest BCUT2D eigenvalue weighted by Gasteiger charge is -2.24. The molecule has 5 nitrogen and oxygen atoms in total. The van der Waals surface area contributed by atoms with E-state index >= 15 is 0 Å². The van der Waals surface area contributed by atoms with Crippen LogP contribution in [0.3, 0.4) is 0 Å². The number of halogens is 4. The average Bonchev–Trinajstić information content (AvgIpc) is 3.24. The molecule has 0 bridgehead atoms. The molecule has 9 heteroatoms. The second kappa shape index (κ2) is 8.78. The standard InChI is InChI=1S/C23H17F4N3O2/c24-18-7-5-15(6-8-18)21-17(14-29-32-21)4-2-12-30(22(31)23(25,26)27)19-9-10-20-16(13-19)3-1-11-28-20/h1,3,5-11,13-14H,2,4,12H2. The molecule has 2 aromatic heterocycles. The Kier molecular flexibility index (Phi) is 5.89. The van der Waals surface area contributed by atoms with E-state index in [9.17, 15) is 22.4 Å². The SMILES string of the molecule is O=C(N(CCCc1cnoc1-c1ccc(F)cc1)c1ccc2ncccc2c1)C(F)(F)F. The molecule has 0 atom stereocenters. The molecule has 0 spiro atoms. The molecule has 2 heterocycles. The van der Waals surface area contributed by atoms with Crippen molar-refractivity contribution in [2.24, 2.45) is 0 Å². The molecule has 0 aliphatic carbocycles. The lowest BCUT2D eigenvalue weighted by atomic mass is 10.1. The fourth-order valence-corrected chi connectivity index (χ4v) is 3.44. The maximum atomic E-state index is 13.3. The molecule has 4 aromatic rings. The van der Waals surface area contributed by atoms with Crippen LogP contribution in [0.15, 0.2) is 71.5 Å². The first-order valence-corrected chi connectivity index (χ1v) is 9.76. The molecular formula is C23H17F4N3O2. The summed E-state index contributed by atoms with van der Waals surface area (Å²) in [5.74, 6) is -1.93. The zero-order chi connectivity index (χ0) is 22.7. The Balaban J connectivity index is 1.54. The van der Waals surface area contributed by atoms with Crippen molar-refractivity contribution in [3.8, 4) is 11.3 Å². The molecule has 0 aliphatic heterocycles. The zero-order valence-electron chi connectivity index (χ0n) is 16.6. The van der Waals surface area contributed by atoms with E-state index in [1.807, 2.05) is 0 Å². The fourth-order valence-electron chi connectivity index (χ4n) is 3.44. The quantitative estimate of drug-likeness (QED) is 0.366. The van der Waals surface area contributed by atoms with Crippen molar-refractivity contribution in [3.63, 3.8) is 0 Å². The van der Waals surface area contributed by atoms with Crippen LogP contribution in [0, 0.1) is 5.82 Å². The van der Waals surface area contributed by atoms with Crippen molar-refractivity contribution >= 4 is 22.5 Å². The van der Waals surface area contributed by atoms with Crippen molar-refractivity contribution < 1.29 is 26.9 Å². The molecule has 0 aliphatic rings. The number of hydrogen-bond acceptors (Lipinski definition) is 4.